The van der Waals surface area contributed by atoms with Crippen molar-refractivity contribution in [1.29, 1.82) is 0 Å². The van der Waals surface area contributed by atoms with Crippen LogP contribution in [0.2, 0.25) is 5.02 Å². The molecular formula is C19H22ClNO4. The van der Waals surface area contributed by atoms with Crippen LogP contribution in [0.25, 0.3) is 0 Å². The maximum Gasteiger partial charge on any atom is 0.312 e. The van der Waals surface area contributed by atoms with Gasteiger partial charge in [0, 0.05) is 12.2 Å². The number of rotatable bonds is 6. The first kappa shape index (κ1) is 17.8. The van der Waals surface area contributed by atoms with Gasteiger partial charge in [0.1, 0.15) is 0 Å². The van der Waals surface area contributed by atoms with Crippen LogP contribution in [-0.4, -0.2) is 21.4 Å². The Morgan fingerprint density at radius 3 is 2.84 bits per heavy atom. The van der Waals surface area contributed by atoms with Gasteiger partial charge in [0.25, 0.3) is 0 Å². The maximum atomic E-state index is 13.1. The number of aryl methyl sites for hydroxylation is 1. The quantitative estimate of drug-likeness (QED) is 0.757. The molecule has 1 aliphatic heterocycles. The predicted molar refractivity (Wildman–Crippen MR) is 94.4 cm³/mol. The number of ketones is 1. The highest BCUT2D eigenvalue weighted by atomic mass is 35.5. The summed E-state index contributed by atoms with van der Waals surface area (Å²) in [6.45, 7) is 2.73. The van der Waals surface area contributed by atoms with E-state index in [1.807, 2.05) is 10.6 Å². The van der Waals surface area contributed by atoms with Gasteiger partial charge in [-0.25, -0.2) is 0 Å². The second-order valence-electron chi connectivity index (χ2n) is 6.51. The number of carboxylic acids is 1. The van der Waals surface area contributed by atoms with E-state index in [1.54, 1.807) is 6.07 Å². The zero-order valence-electron chi connectivity index (χ0n) is 14.3. The fourth-order valence-electron chi connectivity index (χ4n) is 3.56. The molecule has 0 aromatic carbocycles. The van der Waals surface area contributed by atoms with Crippen LogP contribution < -0.4 is 0 Å². The summed E-state index contributed by atoms with van der Waals surface area (Å²) < 4.78 is 7.18. The Morgan fingerprint density at radius 2 is 2.20 bits per heavy atom. The number of carbonyl (C=O) groups is 2. The van der Waals surface area contributed by atoms with Crippen LogP contribution in [0.1, 0.15) is 72.5 Å². The number of carboxylic acid groups (broad SMARTS) is 1. The summed E-state index contributed by atoms with van der Waals surface area (Å²) in [5.41, 5.74) is 2.15. The van der Waals surface area contributed by atoms with Crippen molar-refractivity contribution >= 4 is 23.4 Å². The molecule has 2 aromatic rings. The lowest BCUT2D eigenvalue weighted by molar-refractivity contribution is -0.139. The number of nitrogens with zero attached hydrogens (tertiary/aromatic N) is 1. The summed E-state index contributed by atoms with van der Waals surface area (Å²) in [4.78, 5) is 24.8. The summed E-state index contributed by atoms with van der Waals surface area (Å²) in [6.07, 6.45) is 6.35. The molecule has 0 fully saturated rings. The minimum absolute atomic E-state index is 0.122. The standard InChI is InChI=1S/C19H22ClNO4/c1-2-3-6-12-11-15-13(19(23)24)7-4-5-9-21(15)16(12)17(22)18-14(20)8-10-25-18/h8,10-11,13H,2-7,9H2,1H3,(H,23,24). The third-order valence-electron chi connectivity index (χ3n) is 4.83. The van der Waals surface area contributed by atoms with Gasteiger partial charge in [-0.15, -0.1) is 0 Å². The number of halogens is 1. The van der Waals surface area contributed by atoms with Crippen molar-refractivity contribution in [3.05, 3.63) is 46.1 Å². The average molecular weight is 364 g/mol. The zero-order valence-corrected chi connectivity index (χ0v) is 15.0. The van der Waals surface area contributed by atoms with Gasteiger partial charge in [0.15, 0.2) is 5.76 Å². The largest absolute Gasteiger partial charge is 0.481 e. The van der Waals surface area contributed by atoms with Gasteiger partial charge in [-0.1, -0.05) is 31.4 Å². The third kappa shape index (κ3) is 3.38. The number of aromatic nitrogens is 1. The van der Waals surface area contributed by atoms with Crippen LogP contribution in [-0.2, 0) is 17.8 Å². The van der Waals surface area contributed by atoms with Crippen molar-refractivity contribution in [3.63, 3.8) is 0 Å². The normalized spacial score (nSPS) is 17.1. The second kappa shape index (κ2) is 7.48. The van der Waals surface area contributed by atoms with Gasteiger partial charge in [0.05, 0.1) is 22.9 Å². The number of hydrogen-bond donors (Lipinski definition) is 1. The molecule has 3 heterocycles. The highest BCUT2D eigenvalue weighted by Gasteiger charge is 2.32. The van der Waals surface area contributed by atoms with E-state index < -0.39 is 11.9 Å². The smallest absolute Gasteiger partial charge is 0.312 e. The number of fused-ring (bicyclic) bond motifs is 1. The molecule has 2 aromatic heterocycles. The van der Waals surface area contributed by atoms with Gasteiger partial charge < -0.3 is 14.1 Å². The Labute approximate surface area is 151 Å². The van der Waals surface area contributed by atoms with Crippen molar-refractivity contribution in [2.24, 2.45) is 0 Å². The van der Waals surface area contributed by atoms with E-state index >= 15 is 0 Å². The number of unbranched alkanes of at least 4 members (excludes halogenated alkanes) is 1. The van der Waals surface area contributed by atoms with Crippen LogP contribution in [0.3, 0.4) is 0 Å². The Kier molecular flexibility index (Phi) is 5.33. The third-order valence-corrected chi connectivity index (χ3v) is 5.12. The molecule has 0 spiro atoms. The highest BCUT2D eigenvalue weighted by molar-refractivity contribution is 6.34. The van der Waals surface area contributed by atoms with Crippen molar-refractivity contribution < 1.29 is 19.1 Å². The van der Waals surface area contributed by atoms with Crippen molar-refractivity contribution in [2.45, 2.75) is 57.9 Å². The van der Waals surface area contributed by atoms with E-state index in [1.165, 1.54) is 6.26 Å². The molecule has 0 aliphatic carbocycles. The molecule has 0 saturated carbocycles. The summed E-state index contributed by atoms with van der Waals surface area (Å²) in [7, 11) is 0. The molecule has 1 unspecified atom stereocenters. The number of carbonyl (C=O) groups excluding carboxylic acids is 1. The van der Waals surface area contributed by atoms with E-state index in [9.17, 15) is 14.7 Å². The number of hydrogen-bond acceptors (Lipinski definition) is 3. The number of furan rings is 1. The molecule has 0 radical (unpaired) electrons. The van der Waals surface area contributed by atoms with Crippen molar-refractivity contribution in [2.75, 3.05) is 0 Å². The first-order valence-electron chi connectivity index (χ1n) is 8.77. The lowest BCUT2D eigenvalue weighted by Gasteiger charge is -2.13. The number of aliphatic carboxylic acids is 1. The highest BCUT2D eigenvalue weighted by Crippen LogP contribution is 2.34. The maximum absolute atomic E-state index is 13.1. The molecule has 25 heavy (non-hydrogen) atoms. The van der Waals surface area contributed by atoms with E-state index in [-0.39, 0.29) is 16.6 Å². The van der Waals surface area contributed by atoms with Gasteiger partial charge in [0.2, 0.25) is 5.78 Å². The average Bonchev–Trinajstić information content (AvgIpc) is 3.09. The lowest BCUT2D eigenvalue weighted by Crippen LogP contribution is -2.17. The molecular weight excluding hydrogens is 342 g/mol. The molecule has 1 atom stereocenters. The van der Waals surface area contributed by atoms with Crippen LogP contribution in [0.15, 0.2) is 22.8 Å². The summed E-state index contributed by atoms with van der Waals surface area (Å²) >= 11 is 6.08. The predicted octanol–water partition coefficient (Wildman–Crippen LogP) is 4.66. The Morgan fingerprint density at radius 1 is 1.40 bits per heavy atom. The first-order chi connectivity index (χ1) is 12.0. The topological polar surface area (TPSA) is 72.4 Å². The minimum Gasteiger partial charge on any atom is -0.481 e. The zero-order chi connectivity index (χ0) is 18.0. The SMILES string of the molecule is CCCCc1cc2n(c1C(=O)c1occc1Cl)CCCCC2C(=O)O. The first-order valence-corrected chi connectivity index (χ1v) is 9.15. The molecule has 0 amide bonds. The Bertz CT molecular complexity index is 789. The molecule has 3 rings (SSSR count). The van der Waals surface area contributed by atoms with Crippen LogP contribution in [0.5, 0.6) is 0 Å². The van der Waals surface area contributed by atoms with Gasteiger partial charge in [-0.3, -0.25) is 9.59 Å². The van der Waals surface area contributed by atoms with Crippen LogP contribution in [0.4, 0.5) is 0 Å². The molecule has 0 saturated heterocycles. The molecule has 6 heteroatoms. The lowest BCUT2D eigenvalue weighted by atomic mass is 9.98. The Hall–Kier alpha value is -2.01. The van der Waals surface area contributed by atoms with Crippen molar-refractivity contribution in [1.82, 2.24) is 4.57 Å². The van der Waals surface area contributed by atoms with E-state index in [4.69, 9.17) is 16.0 Å². The van der Waals surface area contributed by atoms with E-state index in [2.05, 4.69) is 6.92 Å². The molecule has 0 bridgehead atoms. The molecule has 1 N–H and O–H groups in total. The fourth-order valence-corrected chi connectivity index (χ4v) is 3.74. The van der Waals surface area contributed by atoms with Crippen LogP contribution in [0, 0.1) is 0 Å². The Balaban J connectivity index is 2.13. The molecule has 1 aliphatic rings. The van der Waals surface area contributed by atoms with E-state index in [0.717, 1.165) is 43.4 Å². The van der Waals surface area contributed by atoms with Gasteiger partial charge in [-0.2, -0.15) is 0 Å². The molecule has 5 nitrogen and oxygen atoms in total. The summed E-state index contributed by atoms with van der Waals surface area (Å²) in [5.74, 6) is -1.55. The summed E-state index contributed by atoms with van der Waals surface area (Å²) in [6, 6.07) is 3.46. The van der Waals surface area contributed by atoms with Gasteiger partial charge in [-0.05, 0) is 43.4 Å². The molecule has 134 valence electrons. The van der Waals surface area contributed by atoms with Crippen molar-refractivity contribution in [3.8, 4) is 0 Å². The second-order valence-corrected chi connectivity index (χ2v) is 6.92. The monoisotopic (exact) mass is 363 g/mol. The van der Waals surface area contributed by atoms with Gasteiger partial charge >= 0.3 is 5.97 Å². The summed E-state index contributed by atoms with van der Waals surface area (Å²) in [5, 5.41) is 9.90. The minimum atomic E-state index is -0.835. The van der Waals surface area contributed by atoms with E-state index in [0.29, 0.717) is 18.7 Å². The van der Waals surface area contributed by atoms with Crippen LogP contribution >= 0.6 is 11.6 Å². The fraction of sp³-hybridized carbons (Fsp3) is 0.474.